The van der Waals surface area contributed by atoms with Crippen LogP contribution in [0.15, 0.2) is 48.2 Å². The molecule has 1 fully saturated rings. The predicted molar refractivity (Wildman–Crippen MR) is 106 cm³/mol. The number of likely N-dealkylation sites (tertiary alicyclic amines) is 1. The normalized spacial score (nSPS) is 17.0. The highest BCUT2D eigenvalue weighted by atomic mass is 16.5. The molecule has 140 valence electrons. The van der Waals surface area contributed by atoms with Crippen LogP contribution in [0.25, 0.3) is 5.57 Å². The number of aromatic nitrogens is 1. The highest BCUT2D eigenvalue weighted by molar-refractivity contribution is 5.84. The second kappa shape index (κ2) is 8.05. The lowest BCUT2D eigenvalue weighted by atomic mass is 9.83. The van der Waals surface area contributed by atoms with Gasteiger partial charge in [-0.15, -0.1) is 0 Å². The Morgan fingerprint density at radius 2 is 1.78 bits per heavy atom. The Morgan fingerprint density at radius 3 is 2.59 bits per heavy atom. The van der Waals surface area contributed by atoms with E-state index in [1.54, 1.807) is 7.11 Å². The summed E-state index contributed by atoms with van der Waals surface area (Å²) in [6.45, 7) is 1.68. The van der Waals surface area contributed by atoms with Gasteiger partial charge in [0.15, 0.2) is 0 Å². The maximum Gasteiger partial charge on any atom is 0.248 e. The largest absolute Gasteiger partial charge is 0.375 e. The first-order chi connectivity index (χ1) is 13.3. The summed E-state index contributed by atoms with van der Waals surface area (Å²) >= 11 is 0. The number of pyridine rings is 1. The van der Waals surface area contributed by atoms with Gasteiger partial charge in [-0.1, -0.05) is 35.9 Å². The Morgan fingerprint density at radius 1 is 1.04 bits per heavy atom. The molecule has 0 bridgehead atoms. The Hall–Kier alpha value is -2.46. The van der Waals surface area contributed by atoms with Crippen LogP contribution in [-0.4, -0.2) is 42.6 Å². The molecule has 2 aliphatic rings. The molecule has 4 nitrogen and oxygen atoms in total. The quantitative estimate of drug-likeness (QED) is 0.819. The summed E-state index contributed by atoms with van der Waals surface area (Å²) in [5.41, 5.74) is 7.94. The monoisotopic (exact) mass is 362 g/mol. The van der Waals surface area contributed by atoms with Crippen molar-refractivity contribution < 1.29 is 9.53 Å². The summed E-state index contributed by atoms with van der Waals surface area (Å²) in [5, 5.41) is 0. The molecule has 2 aromatic rings. The fourth-order valence-corrected chi connectivity index (χ4v) is 4.29. The molecule has 27 heavy (non-hydrogen) atoms. The predicted octanol–water partition coefficient (Wildman–Crippen LogP) is 3.64. The standard InChI is InChI=1S/C23H26N2O2/c1-27-16-21(26)25-14-11-18(12-15-25)22-20-10-3-2-6-17(20)7-4-8-19-9-5-13-24-23(19)22/h2-3,5-6,9-10,13H,4,7-8,11-12,14-16H2,1H3. The van der Waals surface area contributed by atoms with Crippen molar-refractivity contribution in [2.75, 3.05) is 26.8 Å². The number of amides is 1. The molecule has 1 saturated heterocycles. The van der Waals surface area contributed by atoms with Crippen LogP contribution in [0.1, 0.15) is 41.6 Å². The average molecular weight is 362 g/mol. The number of aryl methyl sites for hydroxylation is 2. The molecule has 1 aromatic carbocycles. The minimum Gasteiger partial charge on any atom is -0.375 e. The molecule has 4 heteroatoms. The van der Waals surface area contributed by atoms with Crippen molar-refractivity contribution in [2.24, 2.45) is 0 Å². The number of hydrogen-bond acceptors (Lipinski definition) is 3. The van der Waals surface area contributed by atoms with Crippen molar-refractivity contribution >= 4 is 11.5 Å². The van der Waals surface area contributed by atoms with Gasteiger partial charge in [-0.3, -0.25) is 9.78 Å². The number of nitrogens with zero attached hydrogens (tertiary/aromatic N) is 2. The maximum atomic E-state index is 12.2. The van der Waals surface area contributed by atoms with Crippen molar-refractivity contribution in [1.29, 1.82) is 0 Å². The summed E-state index contributed by atoms with van der Waals surface area (Å²) in [6, 6.07) is 13.0. The zero-order chi connectivity index (χ0) is 18.6. The van der Waals surface area contributed by atoms with E-state index in [-0.39, 0.29) is 12.5 Å². The third kappa shape index (κ3) is 3.67. The third-order valence-electron chi connectivity index (χ3n) is 5.65. The van der Waals surface area contributed by atoms with Crippen LogP contribution < -0.4 is 0 Å². The van der Waals surface area contributed by atoms with Gasteiger partial charge in [0.2, 0.25) is 5.91 Å². The average Bonchev–Trinajstić information content (AvgIpc) is 2.69. The third-order valence-corrected chi connectivity index (χ3v) is 5.65. The number of benzene rings is 1. The highest BCUT2D eigenvalue weighted by Gasteiger charge is 2.25. The summed E-state index contributed by atoms with van der Waals surface area (Å²) in [5.74, 6) is 0.0816. The van der Waals surface area contributed by atoms with Gasteiger partial charge < -0.3 is 9.64 Å². The van der Waals surface area contributed by atoms with Crippen molar-refractivity contribution in [1.82, 2.24) is 9.88 Å². The van der Waals surface area contributed by atoms with Crippen molar-refractivity contribution in [2.45, 2.75) is 32.1 Å². The smallest absolute Gasteiger partial charge is 0.248 e. The minimum atomic E-state index is 0.0816. The van der Waals surface area contributed by atoms with Crippen molar-refractivity contribution in [3.63, 3.8) is 0 Å². The molecular weight excluding hydrogens is 336 g/mol. The molecule has 2 heterocycles. The fourth-order valence-electron chi connectivity index (χ4n) is 4.29. The Labute approximate surface area is 160 Å². The lowest BCUT2D eigenvalue weighted by Crippen LogP contribution is -2.38. The van der Waals surface area contributed by atoms with Crippen LogP contribution in [0.3, 0.4) is 0 Å². The molecule has 0 saturated carbocycles. The van der Waals surface area contributed by atoms with E-state index in [9.17, 15) is 4.79 Å². The first-order valence-corrected chi connectivity index (χ1v) is 9.79. The van der Waals surface area contributed by atoms with Crippen LogP contribution in [0.2, 0.25) is 0 Å². The number of rotatable bonds is 2. The van der Waals surface area contributed by atoms with E-state index in [0.29, 0.717) is 0 Å². The molecule has 0 N–H and O–H groups in total. The van der Waals surface area contributed by atoms with Gasteiger partial charge in [-0.2, -0.15) is 0 Å². The van der Waals surface area contributed by atoms with Crippen molar-refractivity contribution in [3.8, 4) is 0 Å². The van der Waals surface area contributed by atoms with Crippen LogP contribution in [-0.2, 0) is 22.4 Å². The molecular formula is C23H26N2O2. The summed E-state index contributed by atoms with van der Waals surface area (Å²) in [6.07, 6.45) is 7.01. The zero-order valence-corrected chi connectivity index (χ0v) is 15.9. The highest BCUT2D eigenvalue weighted by Crippen LogP contribution is 2.36. The molecule has 0 radical (unpaired) electrons. The van der Waals surface area contributed by atoms with Crippen LogP contribution in [0.5, 0.6) is 0 Å². The molecule has 1 aliphatic heterocycles. The summed E-state index contributed by atoms with van der Waals surface area (Å²) in [4.78, 5) is 18.9. The van der Waals surface area contributed by atoms with E-state index in [1.807, 2.05) is 17.2 Å². The number of piperidine rings is 1. The van der Waals surface area contributed by atoms with E-state index in [4.69, 9.17) is 9.72 Å². The molecule has 1 aromatic heterocycles. The first-order valence-electron chi connectivity index (χ1n) is 9.79. The number of carbonyl (C=O) groups excluding carboxylic acids is 1. The van der Waals surface area contributed by atoms with Crippen LogP contribution >= 0.6 is 0 Å². The van der Waals surface area contributed by atoms with Crippen LogP contribution in [0, 0.1) is 0 Å². The van der Waals surface area contributed by atoms with Gasteiger partial charge in [-0.25, -0.2) is 0 Å². The van der Waals surface area contributed by atoms with E-state index in [1.165, 1.54) is 27.8 Å². The minimum absolute atomic E-state index is 0.0816. The lowest BCUT2D eigenvalue weighted by Gasteiger charge is -2.31. The fraction of sp³-hybridized carbons (Fsp3) is 0.391. The van der Waals surface area contributed by atoms with E-state index < -0.39 is 0 Å². The lowest BCUT2D eigenvalue weighted by molar-refractivity contribution is -0.135. The Balaban J connectivity index is 1.75. The number of hydrogen-bond donors (Lipinski definition) is 0. The second-order valence-corrected chi connectivity index (χ2v) is 7.31. The molecule has 0 atom stereocenters. The maximum absolute atomic E-state index is 12.2. The molecule has 1 aliphatic carbocycles. The van der Waals surface area contributed by atoms with Gasteiger partial charge in [0.05, 0.1) is 5.69 Å². The second-order valence-electron chi connectivity index (χ2n) is 7.31. The SMILES string of the molecule is COCC(=O)N1CCC(=C2c3ccccc3CCCc3cccnc32)CC1. The molecule has 1 amide bonds. The van der Waals surface area contributed by atoms with Crippen molar-refractivity contribution in [3.05, 3.63) is 70.6 Å². The van der Waals surface area contributed by atoms with Crippen LogP contribution in [0.4, 0.5) is 0 Å². The Kier molecular flexibility index (Phi) is 5.35. The number of methoxy groups -OCH3 is 1. The van der Waals surface area contributed by atoms with Gasteiger partial charge in [0, 0.05) is 32.0 Å². The van der Waals surface area contributed by atoms with Gasteiger partial charge >= 0.3 is 0 Å². The van der Waals surface area contributed by atoms with Gasteiger partial charge in [-0.05, 0) is 54.9 Å². The number of ether oxygens (including phenoxy) is 1. The molecule has 4 rings (SSSR count). The van der Waals surface area contributed by atoms with E-state index in [0.717, 1.165) is 50.9 Å². The molecule has 0 spiro atoms. The number of fused-ring (bicyclic) bond motifs is 2. The molecule has 0 unspecified atom stereocenters. The van der Waals surface area contributed by atoms with Gasteiger partial charge in [0.25, 0.3) is 0 Å². The number of carbonyl (C=O) groups is 1. The summed E-state index contributed by atoms with van der Waals surface area (Å²) < 4.78 is 5.01. The van der Waals surface area contributed by atoms with E-state index >= 15 is 0 Å². The van der Waals surface area contributed by atoms with Gasteiger partial charge in [0.1, 0.15) is 6.61 Å². The first kappa shape index (κ1) is 17.9. The van der Waals surface area contributed by atoms with E-state index in [2.05, 4.69) is 30.3 Å². The topological polar surface area (TPSA) is 42.4 Å². The zero-order valence-electron chi connectivity index (χ0n) is 15.9. The Bertz CT molecular complexity index is 813. The summed E-state index contributed by atoms with van der Waals surface area (Å²) in [7, 11) is 1.57.